The fourth-order valence-corrected chi connectivity index (χ4v) is 4.51. The van der Waals surface area contributed by atoms with Crippen molar-refractivity contribution in [2.45, 2.75) is 58.9 Å². The maximum Gasteiger partial charge on any atom is 0.184 e. The van der Waals surface area contributed by atoms with E-state index < -0.39 is 18.5 Å². The van der Waals surface area contributed by atoms with Crippen LogP contribution in [-0.2, 0) is 20.8 Å². The normalized spacial score (nSPS) is 26.1. The number of rotatable bonds is 10. The number of hydrogen-bond acceptors (Lipinski definition) is 5. The van der Waals surface area contributed by atoms with Crippen LogP contribution in [0.4, 0.5) is 0 Å². The Morgan fingerprint density at radius 2 is 1.56 bits per heavy atom. The molecule has 1 aliphatic heterocycles. The molecule has 5 heteroatoms. The lowest BCUT2D eigenvalue weighted by Crippen LogP contribution is -2.47. The van der Waals surface area contributed by atoms with Crippen LogP contribution in [-0.4, -0.2) is 41.7 Å². The number of ether oxygens (including phenoxy) is 3. The SMILES string of the molecule is C[C@H]([C@H](O)[C@@H](C)[C@H]1O[C@@H](c2ccccc2)OC[C@H]1C)[C@H](O)[C@H](C)COCc1ccccc1. The summed E-state index contributed by atoms with van der Waals surface area (Å²) < 4.78 is 18.0. The Labute approximate surface area is 192 Å². The predicted molar refractivity (Wildman–Crippen MR) is 125 cm³/mol. The van der Waals surface area contributed by atoms with Crippen LogP contribution in [0.3, 0.4) is 0 Å². The summed E-state index contributed by atoms with van der Waals surface area (Å²) in [6, 6.07) is 19.9. The van der Waals surface area contributed by atoms with Gasteiger partial charge in [0.05, 0.1) is 38.1 Å². The molecule has 1 saturated heterocycles. The van der Waals surface area contributed by atoms with E-state index in [0.29, 0.717) is 19.8 Å². The smallest absolute Gasteiger partial charge is 0.184 e. The molecule has 0 aliphatic carbocycles. The minimum atomic E-state index is -0.705. The summed E-state index contributed by atoms with van der Waals surface area (Å²) in [5.74, 6) is -0.410. The molecule has 1 heterocycles. The lowest BCUT2D eigenvalue weighted by atomic mass is 9.79. The van der Waals surface area contributed by atoms with Crippen molar-refractivity contribution in [2.24, 2.45) is 23.7 Å². The van der Waals surface area contributed by atoms with Gasteiger partial charge in [0.25, 0.3) is 0 Å². The van der Waals surface area contributed by atoms with Crippen LogP contribution in [0.1, 0.15) is 45.1 Å². The van der Waals surface area contributed by atoms with E-state index in [1.165, 1.54) is 0 Å². The van der Waals surface area contributed by atoms with Crippen LogP contribution in [0.5, 0.6) is 0 Å². The van der Waals surface area contributed by atoms with Gasteiger partial charge in [-0.25, -0.2) is 0 Å². The monoisotopic (exact) mass is 442 g/mol. The Hall–Kier alpha value is -1.76. The summed E-state index contributed by atoms with van der Waals surface area (Å²) in [5.41, 5.74) is 2.08. The zero-order valence-corrected chi connectivity index (χ0v) is 19.6. The Balaban J connectivity index is 1.54. The Morgan fingerprint density at radius 3 is 2.22 bits per heavy atom. The fraction of sp³-hybridized carbons (Fsp3) is 0.556. The van der Waals surface area contributed by atoms with Gasteiger partial charge in [0.2, 0.25) is 0 Å². The second-order valence-corrected chi connectivity index (χ2v) is 9.33. The topological polar surface area (TPSA) is 68.2 Å². The lowest BCUT2D eigenvalue weighted by Gasteiger charge is -2.41. The van der Waals surface area contributed by atoms with Gasteiger partial charge in [0, 0.05) is 29.2 Å². The molecule has 5 nitrogen and oxygen atoms in total. The van der Waals surface area contributed by atoms with Crippen molar-refractivity contribution < 1.29 is 24.4 Å². The lowest BCUT2D eigenvalue weighted by molar-refractivity contribution is -0.258. The first-order chi connectivity index (χ1) is 15.4. The summed E-state index contributed by atoms with van der Waals surface area (Å²) in [6.45, 7) is 9.46. The van der Waals surface area contributed by atoms with Gasteiger partial charge in [-0.1, -0.05) is 88.4 Å². The molecule has 0 saturated carbocycles. The zero-order chi connectivity index (χ0) is 23.1. The van der Waals surface area contributed by atoms with Gasteiger partial charge in [0.1, 0.15) is 0 Å². The van der Waals surface area contributed by atoms with Crippen molar-refractivity contribution in [2.75, 3.05) is 13.2 Å². The Morgan fingerprint density at radius 1 is 0.938 bits per heavy atom. The zero-order valence-electron chi connectivity index (χ0n) is 19.6. The van der Waals surface area contributed by atoms with Crippen LogP contribution >= 0.6 is 0 Å². The first kappa shape index (κ1) is 24.9. The minimum absolute atomic E-state index is 0.0966. The molecule has 0 unspecified atom stereocenters. The molecule has 0 amide bonds. The highest BCUT2D eigenvalue weighted by Gasteiger charge is 2.40. The van der Waals surface area contributed by atoms with Crippen LogP contribution in [0, 0.1) is 23.7 Å². The summed E-state index contributed by atoms with van der Waals surface area (Å²) in [7, 11) is 0. The third-order valence-corrected chi connectivity index (χ3v) is 6.63. The van der Waals surface area contributed by atoms with E-state index in [1.54, 1.807) is 0 Å². The quantitative estimate of drug-likeness (QED) is 0.564. The molecule has 2 aromatic rings. The molecule has 32 heavy (non-hydrogen) atoms. The molecule has 2 aromatic carbocycles. The molecule has 0 spiro atoms. The van der Waals surface area contributed by atoms with Gasteiger partial charge in [-0.05, 0) is 5.56 Å². The predicted octanol–water partition coefficient (Wildman–Crippen LogP) is 4.58. The molecule has 0 bridgehead atoms. The average Bonchev–Trinajstić information content (AvgIpc) is 2.83. The first-order valence-electron chi connectivity index (χ1n) is 11.7. The first-order valence-corrected chi connectivity index (χ1v) is 11.7. The molecule has 1 aliphatic rings. The van der Waals surface area contributed by atoms with Crippen molar-refractivity contribution in [1.82, 2.24) is 0 Å². The van der Waals surface area contributed by atoms with Crippen molar-refractivity contribution in [1.29, 1.82) is 0 Å². The largest absolute Gasteiger partial charge is 0.392 e. The van der Waals surface area contributed by atoms with Gasteiger partial charge >= 0.3 is 0 Å². The summed E-state index contributed by atoms with van der Waals surface area (Å²) in [4.78, 5) is 0. The summed E-state index contributed by atoms with van der Waals surface area (Å²) in [5, 5.41) is 22.0. The fourth-order valence-electron chi connectivity index (χ4n) is 4.51. The van der Waals surface area contributed by atoms with E-state index in [1.807, 2.05) is 81.4 Å². The summed E-state index contributed by atoms with van der Waals surface area (Å²) >= 11 is 0. The maximum atomic E-state index is 11.1. The highest BCUT2D eigenvalue weighted by Crippen LogP contribution is 2.35. The highest BCUT2D eigenvalue weighted by atomic mass is 16.7. The molecule has 3 rings (SSSR count). The van der Waals surface area contributed by atoms with E-state index in [9.17, 15) is 10.2 Å². The average molecular weight is 443 g/mol. The van der Waals surface area contributed by atoms with Crippen molar-refractivity contribution in [3.8, 4) is 0 Å². The minimum Gasteiger partial charge on any atom is -0.392 e. The van der Waals surface area contributed by atoms with Crippen molar-refractivity contribution in [3.05, 3.63) is 71.8 Å². The third-order valence-electron chi connectivity index (χ3n) is 6.63. The van der Waals surface area contributed by atoms with Crippen molar-refractivity contribution in [3.63, 3.8) is 0 Å². The van der Waals surface area contributed by atoms with Gasteiger partial charge in [-0.3, -0.25) is 0 Å². The van der Waals surface area contributed by atoms with Gasteiger partial charge in [0.15, 0.2) is 6.29 Å². The maximum absolute atomic E-state index is 11.1. The van der Waals surface area contributed by atoms with Crippen LogP contribution in [0.2, 0.25) is 0 Å². The number of hydrogen-bond donors (Lipinski definition) is 2. The molecular weight excluding hydrogens is 404 g/mol. The molecule has 2 N–H and O–H groups in total. The van der Waals surface area contributed by atoms with Gasteiger partial charge in [-0.2, -0.15) is 0 Å². The highest BCUT2D eigenvalue weighted by molar-refractivity contribution is 5.16. The molecule has 8 atom stereocenters. The number of benzene rings is 2. The van der Waals surface area contributed by atoms with E-state index in [2.05, 4.69) is 6.92 Å². The second-order valence-electron chi connectivity index (χ2n) is 9.33. The standard InChI is InChI=1S/C27H38O5/c1-18(15-30-17-22-11-7-5-8-12-22)24(28)20(3)25(29)21(4)26-19(2)16-31-27(32-26)23-13-9-6-10-14-23/h5-14,18-21,24-29H,15-17H2,1-4H3/t18-,19-,20+,21-,24-,25+,26+,27+/m1/s1. The van der Waals surface area contributed by atoms with E-state index >= 15 is 0 Å². The third kappa shape index (κ3) is 6.40. The van der Waals surface area contributed by atoms with E-state index in [-0.39, 0.29) is 29.8 Å². The van der Waals surface area contributed by atoms with E-state index in [0.717, 1.165) is 11.1 Å². The number of aliphatic hydroxyl groups excluding tert-OH is 2. The summed E-state index contributed by atoms with van der Waals surface area (Å²) in [6.07, 6.45) is -1.98. The van der Waals surface area contributed by atoms with Gasteiger partial charge < -0.3 is 24.4 Å². The second kappa shape index (κ2) is 11.9. The van der Waals surface area contributed by atoms with Crippen LogP contribution in [0.25, 0.3) is 0 Å². The Bertz CT molecular complexity index is 783. The van der Waals surface area contributed by atoms with E-state index in [4.69, 9.17) is 14.2 Å². The number of aliphatic hydroxyl groups is 2. The molecule has 1 fully saturated rings. The molecule has 0 aromatic heterocycles. The molecule has 176 valence electrons. The Kier molecular flexibility index (Phi) is 9.26. The van der Waals surface area contributed by atoms with Crippen LogP contribution < -0.4 is 0 Å². The molecule has 0 radical (unpaired) electrons. The van der Waals surface area contributed by atoms with Crippen LogP contribution in [0.15, 0.2) is 60.7 Å². The molecular formula is C27H38O5. The van der Waals surface area contributed by atoms with Gasteiger partial charge in [-0.15, -0.1) is 0 Å². The van der Waals surface area contributed by atoms with Crippen molar-refractivity contribution >= 4 is 0 Å².